The Labute approximate surface area is 239 Å². The molecule has 2 amide bonds. The van der Waals surface area contributed by atoms with Gasteiger partial charge in [-0.15, -0.1) is 0 Å². The summed E-state index contributed by atoms with van der Waals surface area (Å²) in [4.78, 5) is 38.8. The third kappa shape index (κ3) is 8.27. The van der Waals surface area contributed by atoms with Crippen molar-refractivity contribution in [3.63, 3.8) is 0 Å². The minimum atomic E-state index is -3.69. The van der Waals surface area contributed by atoms with Crippen molar-refractivity contribution in [2.45, 2.75) is 104 Å². The minimum absolute atomic E-state index is 0.124. The molecule has 1 saturated carbocycles. The zero-order valence-electron chi connectivity index (χ0n) is 24.8. The van der Waals surface area contributed by atoms with E-state index in [0.717, 1.165) is 38.5 Å². The van der Waals surface area contributed by atoms with E-state index in [-0.39, 0.29) is 31.0 Å². The predicted octanol–water partition coefficient (Wildman–Crippen LogP) is 7.25. The van der Waals surface area contributed by atoms with Gasteiger partial charge in [-0.25, -0.2) is 4.79 Å². The number of amides is 2. The molecule has 4 unspecified atom stereocenters. The Morgan fingerprint density at radius 2 is 1.73 bits per heavy atom. The molecule has 40 heavy (non-hydrogen) atoms. The molecule has 2 fully saturated rings. The largest absolute Gasteiger partial charge is 0.521 e. The number of nitrogens with zero attached hydrogens (tertiary/aromatic N) is 1. The Balaban J connectivity index is 1.80. The minimum Gasteiger partial charge on any atom is -0.435 e. The average Bonchev–Trinajstić information content (AvgIpc) is 3.30. The topological polar surface area (TPSA) is 107 Å². The van der Waals surface area contributed by atoms with Gasteiger partial charge in [0.05, 0.1) is 6.54 Å². The van der Waals surface area contributed by atoms with Crippen LogP contribution in [0.25, 0.3) is 0 Å². The third-order valence-corrected chi connectivity index (χ3v) is 11.2. The number of ether oxygens (including phenoxy) is 1. The third-order valence-electron chi connectivity index (χ3n) is 8.83. The highest BCUT2D eigenvalue weighted by Crippen LogP contribution is 2.52. The van der Waals surface area contributed by atoms with Crippen LogP contribution in [0.3, 0.4) is 0 Å². The first-order valence-electron chi connectivity index (χ1n) is 15.1. The van der Waals surface area contributed by atoms with Crippen LogP contribution in [-0.2, 0) is 29.8 Å². The fourth-order valence-corrected chi connectivity index (χ4v) is 8.79. The normalized spacial score (nSPS) is 25.8. The van der Waals surface area contributed by atoms with Crippen molar-refractivity contribution >= 4 is 25.3 Å². The quantitative estimate of drug-likeness (QED) is 0.0864. The van der Waals surface area contributed by atoms with Crippen LogP contribution < -0.4 is 0 Å². The maximum absolute atomic E-state index is 14.4. The molecule has 8 nitrogen and oxygen atoms in total. The van der Waals surface area contributed by atoms with Gasteiger partial charge in [-0.3, -0.25) is 13.9 Å². The molecule has 1 N–H and O–H groups in total. The Bertz CT molecular complexity index is 1040. The number of likely N-dealkylation sites (tertiary alicyclic amines) is 1. The second-order valence-electron chi connectivity index (χ2n) is 12.2. The highest BCUT2D eigenvalue weighted by Gasteiger charge is 2.58. The number of esters is 1. The van der Waals surface area contributed by atoms with E-state index < -0.39 is 48.3 Å². The maximum Gasteiger partial charge on any atom is 0.521 e. The van der Waals surface area contributed by atoms with Gasteiger partial charge >= 0.3 is 18.0 Å². The lowest BCUT2D eigenvalue weighted by Crippen LogP contribution is -2.60. The molecule has 0 spiro atoms. The van der Waals surface area contributed by atoms with E-state index in [4.69, 9.17) is 9.26 Å². The summed E-state index contributed by atoms with van der Waals surface area (Å²) < 4.78 is 25.2. The lowest BCUT2D eigenvalue weighted by atomic mass is 9.79. The molecule has 9 heteroatoms. The molecule has 1 aromatic rings. The highest BCUT2D eigenvalue weighted by molar-refractivity contribution is 7.59. The number of carbonyl (C=O) groups is 3. The lowest BCUT2D eigenvalue weighted by molar-refractivity contribution is -0.793. The summed E-state index contributed by atoms with van der Waals surface area (Å²) >= 11 is 0. The van der Waals surface area contributed by atoms with Crippen molar-refractivity contribution in [2.75, 3.05) is 18.9 Å². The SMILES string of the molecule is CCC(=O)OC(OP(=O)(CCCCc1ccccc1)CC(=O)[N+]1(C(=O)O)CC(C2CCCCC2)C[C@H]1C)C(C)C. The van der Waals surface area contributed by atoms with Gasteiger partial charge in [-0.1, -0.05) is 70.4 Å². The van der Waals surface area contributed by atoms with Crippen molar-refractivity contribution in [1.29, 1.82) is 0 Å². The van der Waals surface area contributed by atoms with Crippen molar-refractivity contribution in [1.82, 2.24) is 0 Å². The Morgan fingerprint density at radius 1 is 1.05 bits per heavy atom. The van der Waals surface area contributed by atoms with Crippen LogP contribution in [-0.4, -0.2) is 58.8 Å². The van der Waals surface area contributed by atoms with Gasteiger partial charge in [-0.05, 0) is 50.5 Å². The molecule has 1 aliphatic heterocycles. The van der Waals surface area contributed by atoms with Crippen molar-refractivity contribution in [3.8, 4) is 0 Å². The number of carboxylic acid groups (broad SMARTS) is 1. The number of hydrogen-bond donors (Lipinski definition) is 1. The summed E-state index contributed by atoms with van der Waals surface area (Å²) in [5.41, 5.74) is 1.17. The van der Waals surface area contributed by atoms with Crippen LogP contribution in [0, 0.1) is 17.8 Å². The molecule has 0 bridgehead atoms. The van der Waals surface area contributed by atoms with Crippen LogP contribution in [0.1, 0.15) is 91.0 Å². The number of unbranched alkanes of at least 4 members (excludes halogenated alkanes) is 1. The molecule has 3 rings (SSSR count). The second kappa shape index (κ2) is 14.7. The van der Waals surface area contributed by atoms with Crippen LogP contribution in [0.5, 0.6) is 0 Å². The first-order valence-corrected chi connectivity index (χ1v) is 17.1. The smallest absolute Gasteiger partial charge is 0.435 e. The number of rotatable bonds is 13. The molecule has 1 heterocycles. The number of imide groups is 1. The molecular formula is C31H49NO7P+. The van der Waals surface area contributed by atoms with Gasteiger partial charge in [0.15, 0.2) is 0 Å². The Hall–Kier alpha value is -2.02. The molecule has 1 saturated heterocycles. The summed E-state index contributed by atoms with van der Waals surface area (Å²) in [6.07, 6.45) is 5.96. The first kappa shape index (κ1) is 32.5. The molecule has 1 aromatic carbocycles. The van der Waals surface area contributed by atoms with Crippen LogP contribution in [0.4, 0.5) is 4.79 Å². The zero-order chi connectivity index (χ0) is 29.3. The Kier molecular flexibility index (Phi) is 12.0. The molecule has 2 aliphatic rings. The van der Waals surface area contributed by atoms with Gasteiger partial charge in [0.2, 0.25) is 13.7 Å². The van der Waals surface area contributed by atoms with Gasteiger partial charge in [0.1, 0.15) is 12.2 Å². The van der Waals surface area contributed by atoms with Crippen LogP contribution in [0.15, 0.2) is 30.3 Å². The van der Waals surface area contributed by atoms with Crippen LogP contribution >= 0.6 is 7.37 Å². The van der Waals surface area contributed by atoms with E-state index in [2.05, 4.69) is 0 Å². The molecule has 0 radical (unpaired) electrons. The molecular weight excluding hydrogens is 529 g/mol. The number of benzene rings is 1. The lowest BCUT2D eigenvalue weighted by Gasteiger charge is -2.33. The summed E-state index contributed by atoms with van der Waals surface area (Å²) in [6, 6.07) is 9.59. The van der Waals surface area contributed by atoms with Gasteiger partial charge < -0.3 is 9.84 Å². The number of carbonyl (C=O) groups excluding carboxylic acids is 2. The van der Waals surface area contributed by atoms with E-state index in [1.54, 1.807) is 20.8 Å². The average molecular weight is 579 g/mol. The first-order chi connectivity index (χ1) is 19.0. The monoisotopic (exact) mass is 578 g/mol. The fourth-order valence-electron chi connectivity index (χ4n) is 6.42. The van der Waals surface area contributed by atoms with E-state index >= 15 is 0 Å². The van der Waals surface area contributed by atoms with Gasteiger partial charge in [-0.2, -0.15) is 9.28 Å². The number of hydrogen-bond acceptors (Lipinski definition) is 6. The standard InChI is InChI=1S/C31H48NO7P/c1-5-29(34)38-30(23(2)3)39-40(37,19-13-12-16-25-14-8-6-9-15-25)22-28(33)32(31(35)36)21-27(20-24(32)4)26-17-10-7-11-18-26/h6,8-9,14-15,23-24,26-27,30H,5,7,10-13,16-22H2,1-4H3/p+1/t24-,27?,30?,32?,40?/m1/s1. The molecule has 0 aromatic heterocycles. The summed E-state index contributed by atoms with van der Waals surface area (Å²) in [5.74, 6) is -0.724. The molecule has 1 aliphatic carbocycles. The van der Waals surface area contributed by atoms with Crippen molar-refractivity contribution in [2.24, 2.45) is 17.8 Å². The highest BCUT2D eigenvalue weighted by atomic mass is 31.2. The fraction of sp³-hybridized carbons (Fsp3) is 0.710. The molecule has 5 atom stereocenters. The Morgan fingerprint density at radius 3 is 2.33 bits per heavy atom. The summed E-state index contributed by atoms with van der Waals surface area (Å²) in [7, 11) is -3.69. The summed E-state index contributed by atoms with van der Waals surface area (Å²) in [6.45, 7) is 7.35. The second-order valence-corrected chi connectivity index (χ2v) is 14.8. The molecule has 224 valence electrons. The summed E-state index contributed by atoms with van der Waals surface area (Å²) in [5, 5.41) is 10.4. The van der Waals surface area contributed by atoms with Crippen molar-refractivity contribution in [3.05, 3.63) is 35.9 Å². The zero-order valence-corrected chi connectivity index (χ0v) is 25.7. The number of aryl methyl sites for hydroxylation is 1. The van der Waals surface area contributed by atoms with E-state index in [1.807, 2.05) is 37.3 Å². The van der Waals surface area contributed by atoms with E-state index in [9.17, 15) is 24.1 Å². The van der Waals surface area contributed by atoms with Gasteiger partial charge in [0, 0.05) is 30.8 Å². The van der Waals surface area contributed by atoms with E-state index in [1.165, 1.54) is 12.0 Å². The predicted molar refractivity (Wildman–Crippen MR) is 155 cm³/mol. The number of quaternary nitrogens is 1. The van der Waals surface area contributed by atoms with Crippen molar-refractivity contribution < 1.29 is 37.8 Å². The van der Waals surface area contributed by atoms with Gasteiger partial charge in [0.25, 0.3) is 0 Å². The maximum atomic E-state index is 14.4. The van der Waals surface area contributed by atoms with E-state index in [0.29, 0.717) is 18.8 Å². The van der Waals surface area contributed by atoms with Crippen LogP contribution in [0.2, 0.25) is 0 Å².